The molecule has 0 atom stereocenters. The minimum atomic E-state index is -3.97. The van der Waals surface area contributed by atoms with E-state index in [9.17, 15) is 13.2 Å². The summed E-state index contributed by atoms with van der Waals surface area (Å²) in [6.07, 6.45) is 1.64. The van der Waals surface area contributed by atoms with Gasteiger partial charge in [0.25, 0.3) is 15.9 Å². The summed E-state index contributed by atoms with van der Waals surface area (Å²) in [6.45, 7) is 0. The summed E-state index contributed by atoms with van der Waals surface area (Å²) in [4.78, 5) is 16.2. The Morgan fingerprint density at radius 1 is 1.15 bits per heavy atom. The predicted molar refractivity (Wildman–Crippen MR) is 107 cm³/mol. The summed E-state index contributed by atoms with van der Waals surface area (Å²) in [7, 11) is -0.403. The van der Waals surface area contributed by atoms with Gasteiger partial charge in [-0.2, -0.15) is 8.42 Å². The second-order valence-corrected chi connectivity index (χ2v) is 10.00. The van der Waals surface area contributed by atoms with E-state index < -0.39 is 10.0 Å². The number of nitrogens with zero attached hydrogens (tertiary/aromatic N) is 3. The van der Waals surface area contributed by atoms with E-state index in [2.05, 4.69) is 4.40 Å². The number of thiophene rings is 1. The molecule has 1 aromatic carbocycles. The van der Waals surface area contributed by atoms with Crippen LogP contribution in [0.3, 0.4) is 0 Å². The van der Waals surface area contributed by atoms with Crippen LogP contribution in [0.4, 0.5) is 5.69 Å². The second kappa shape index (κ2) is 7.43. The number of rotatable bonds is 4. The molecule has 1 aliphatic rings. The zero-order chi connectivity index (χ0) is 18.9. The Hall–Kier alpha value is -1.81. The standard InChI is InChI=1S/C16H14ClN3O3S3/c1-19(2)10-12-15(21)20(11-6-4-3-5-7-11)16(24-12)18-26(22,23)14-9-8-13(17)25-14/h3-10H,1-2H3/b12-10+,18-16-. The van der Waals surface area contributed by atoms with E-state index in [-0.39, 0.29) is 15.3 Å². The van der Waals surface area contributed by atoms with Crippen molar-refractivity contribution >= 4 is 61.5 Å². The Labute approximate surface area is 164 Å². The van der Waals surface area contributed by atoms with Gasteiger partial charge < -0.3 is 4.90 Å². The Balaban J connectivity index is 2.09. The molecular weight excluding hydrogens is 414 g/mol. The largest absolute Gasteiger partial charge is 0.382 e. The van der Waals surface area contributed by atoms with Crippen LogP contribution < -0.4 is 4.90 Å². The molecule has 3 rings (SSSR count). The molecule has 0 radical (unpaired) electrons. The molecule has 0 aliphatic carbocycles. The number of amides is 1. The maximum Gasteiger partial charge on any atom is 0.294 e. The van der Waals surface area contributed by atoms with Crippen molar-refractivity contribution in [2.24, 2.45) is 4.40 Å². The zero-order valence-corrected chi connectivity index (χ0v) is 17.0. The quantitative estimate of drug-likeness (QED) is 0.697. The molecule has 1 amide bonds. The summed E-state index contributed by atoms with van der Waals surface area (Å²) < 4.78 is 29.5. The number of hydrogen-bond donors (Lipinski definition) is 0. The van der Waals surface area contributed by atoms with Gasteiger partial charge in [0.15, 0.2) is 5.17 Å². The van der Waals surface area contributed by atoms with Crippen LogP contribution in [0.1, 0.15) is 0 Å². The number of benzene rings is 1. The number of thioether (sulfide) groups is 1. The molecule has 0 unspecified atom stereocenters. The van der Waals surface area contributed by atoms with Gasteiger partial charge in [-0.05, 0) is 36.0 Å². The molecular formula is C16H14ClN3O3S3. The molecule has 0 N–H and O–H groups in total. The molecule has 2 heterocycles. The average molecular weight is 428 g/mol. The van der Waals surface area contributed by atoms with Crippen molar-refractivity contribution < 1.29 is 13.2 Å². The molecule has 2 aromatic rings. The Bertz CT molecular complexity index is 998. The maximum absolute atomic E-state index is 12.8. The molecule has 0 saturated carbocycles. The van der Waals surface area contributed by atoms with Crippen molar-refractivity contribution in [3.63, 3.8) is 0 Å². The van der Waals surface area contributed by atoms with E-state index in [4.69, 9.17) is 11.6 Å². The monoisotopic (exact) mass is 427 g/mol. The number of anilines is 1. The fraction of sp³-hybridized carbons (Fsp3) is 0.125. The zero-order valence-electron chi connectivity index (χ0n) is 13.8. The molecule has 1 aliphatic heterocycles. The second-order valence-electron chi connectivity index (χ2n) is 5.44. The van der Waals surface area contributed by atoms with Crippen LogP contribution in [-0.4, -0.2) is 38.5 Å². The highest BCUT2D eigenvalue weighted by atomic mass is 35.5. The first-order valence-electron chi connectivity index (χ1n) is 7.34. The number of amidine groups is 1. The smallest absolute Gasteiger partial charge is 0.294 e. The fourth-order valence-electron chi connectivity index (χ4n) is 2.15. The lowest BCUT2D eigenvalue weighted by Crippen LogP contribution is -2.29. The molecule has 0 bridgehead atoms. The van der Waals surface area contributed by atoms with Crippen molar-refractivity contribution in [3.05, 3.63) is 57.9 Å². The minimum Gasteiger partial charge on any atom is -0.382 e. The van der Waals surface area contributed by atoms with Gasteiger partial charge in [-0.1, -0.05) is 29.8 Å². The molecule has 6 nitrogen and oxygen atoms in total. The first-order valence-corrected chi connectivity index (χ1v) is 10.8. The van der Waals surface area contributed by atoms with Crippen molar-refractivity contribution in [1.29, 1.82) is 0 Å². The summed E-state index contributed by atoms with van der Waals surface area (Å²) in [6, 6.07) is 11.7. The summed E-state index contributed by atoms with van der Waals surface area (Å²) >= 11 is 7.77. The number of para-hydroxylation sites is 1. The Morgan fingerprint density at radius 2 is 1.85 bits per heavy atom. The predicted octanol–water partition coefficient (Wildman–Crippen LogP) is 3.63. The number of hydrogen-bond acceptors (Lipinski definition) is 6. The molecule has 10 heteroatoms. The van der Waals surface area contributed by atoms with Gasteiger partial charge in [0.1, 0.15) is 4.21 Å². The van der Waals surface area contributed by atoms with Gasteiger partial charge in [-0.3, -0.25) is 9.69 Å². The topological polar surface area (TPSA) is 70.1 Å². The maximum atomic E-state index is 12.8. The van der Waals surface area contributed by atoms with E-state index in [1.54, 1.807) is 49.5 Å². The van der Waals surface area contributed by atoms with Crippen LogP contribution in [0.15, 0.2) is 62.2 Å². The number of carbonyl (C=O) groups excluding carboxylic acids is 1. The van der Waals surface area contributed by atoms with Crippen molar-refractivity contribution in [1.82, 2.24) is 4.90 Å². The third-order valence-corrected chi connectivity index (χ3v) is 7.23. The van der Waals surface area contributed by atoms with Crippen LogP contribution in [0.5, 0.6) is 0 Å². The van der Waals surface area contributed by atoms with Crippen LogP contribution in [0.25, 0.3) is 0 Å². The lowest BCUT2D eigenvalue weighted by molar-refractivity contribution is -0.113. The van der Waals surface area contributed by atoms with E-state index >= 15 is 0 Å². The van der Waals surface area contributed by atoms with Gasteiger partial charge in [0.05, 0.1) is 14.9 Å². The van der Waals surface area contributed by atoms with Crippen molar-refractivity contribution in [2.75, 3.05) is 19.0 Å². The Kier molecular flexibility index (Phi) is 5.42. The first-order chi connectivity index (χ1) is 12.3. The number of halogens is 1. The summed E-state index contributed by atoms with van der Waals surface area (Å²) in [5.41, 5.74) is 0.547. The number of sulfonamides is 1. The highest BCUT2D eigenvalue weighted by Gasteiger charge is 2.36. The lowest BCUT2D eigenvalue weighted by atomic mass is 10.3. The third kappa shape index (κ3) is 3.96. The first kappa shape index (κ1) is 19.0. The molecule has 136 valence electrons. The minimum absolute atomic E-state index is 0.0288. The van der Waals surface area contributed by atoms with Crippen LogP contribution in [0, 0.1) is 0 Å². The highest BCUT2D eigenvalue weighted by Crippen LogP contribution is 2.36. The normalized spacial score (nSPS) is 18.1. The van der Waals surface area contributed by atoms with Gasteiger partial charge in [-0.15, -0.1) is 15.7 Å². The third-order valence-electron chi connectivity index (χ3n) is 3.20. The molecule has 0 spiro atoms. The average Bonchev–Trinajstić information content (AvgIpc) is 3.12. The Morgan fingerprint density at radius 3 is 2.42 bits per heavy atom. The van der Waals surface area contributed by atoms with Crippen LogP contribution in [0.2, 0.25) is 4.34 Å². The van der Waals surface area contributed by atoms with Crippen LogP contribution in [-0.2, 0) is 14.8 Å². The summed E-state index contributed by atoms with van der Waals surface area (Å²) in [5, 5.41) is 0.0822. The van der Waals surface area contributed by atoms with Crippen molar-refractivity contribution in [2.45, 2.75) is 4.21 Å². The van der Waals surface area contributed by atoms with Crippen molar-refractivity contribution in [3.8, 4) is 0 Å². The summed E-state index contributed by atoms with van der Waals surface area (Å²) in [5.74, 6) is -0.326. The molecule has 1 saturated heterocycles. The van der Waals surface area contributed by atoms with Crippen LogP contribution >= 0.6 is 34.7 Å². The fourth-order valence-corrected chi connectivity index (χ4v) is 5.84. The van der Waals surface area contributed by atoms with E-state index in [1.807, 2.05) is 6.07 Å². The molecule has 1 fully saturated rings. The van der Waals surface area contributed by atoms with Gasteiger partial charge >= 0.3 is 0 Å². The SMILES string of the molecule is CN(C)/C=C1/S/C(=N\S(=O)(=O)c2ccc(Cl)s2)N(c2ccccc2)C1=O. The van der Waals surface area contributed by atoms with Gasteiger partial charge in [0.2, 0.25) is 0 Å². The molecule has 1 aromatic heterocycles. The van der Waals surface area contributed by atoms with Gasteiger partial charge in [-0.25, -0.2) is 0 Å². The number of carbonyl (C=O) groups is 1. The molecule has 26 heavy (non-hydrogen) atoms. The van der Waals surface area contributed by atoms with E-state index in [0.29, 0.717) is 14.9 Å². The van der Waals surface area contributed by atoms with E-state index in [0.717, 1.165) is 23.1 Å². The highest BCUT2D eigenvalue weighted by molar-refractivity contribution is 8.19. The lowest BCUT2D eigenvalue weighted by Gasteiger charge is -2.15. The van der Waals surface area contributed by atoms with E-state index in [1.165, 1.54) is 17.0 Å². The van der Waals surface area contributed by atoms with Gasteiger partial charge in [0, 0.05) is 20.3 Å².